The molecule has 2 rings (SSSR count). The van der Waals surface area contributed by atoms with Crippen LogP contribution in [0.25, 0.3) is 0 Å². The largest absolute Gasteiger partial charge is 0.392 e. The highest BCUT2D eigenvalue weighted by Crippen LogP contribution is 2.40. The molecule has 2 saturated heterocycles. The van der Waals surface area contributed by atoms with Crippen molar-refractivity contribution in [1.82, 2.24) is 0 Å². The van der Waals surface area contributed by atoms with Crippen molar-refractivity contribution >= 4 is 23.9 Å². The average molecular weight is 170 g/mol. The quantitative estimate of drug-likeness (QED) is 0.326. The Kier molecular flexibility index (Phi) is 0.992. The zero-order chi connectivity index (χ0) is 8.93. The summed E-state index contributed by atoms with van der Waals surface area (Å²) in [6.07, 6.45) is -0.524. The van der Waals surface area contributed by atoms with Gasteiger partial charge >= 0.3 is 23.9 Å². The molecule has 2 aliphatic heterocycles. The van der Waals surface area contributed by atoms with Crippen LogP contribution in [-0.4, -0.2) is 23.9 Å². The summed E-state index contributed by atoms with van der Waals surface area (Å²) in [5.74, 6) is -3.98. The van der Waals surface area contributed by atoms with Gasteiger partial charge < -0.3 is 9.47 Å². The molecule has 0 bridgehead atoms. The lowest BCUT2D eigenvalue weighted by molar-refractivity contribution is -0.198. The summed E-state index contributed by atoms with van der Waals surface area (Å²) in [7, 11) is 0. The van der Waals surface area contributed by atoms with E-state index in [0.29, 0.717) is 0 Å². The summed E-state index contributed by atoms with van der Waals surface area (Å²) in [5, 5.41) is 0. The van der Waals surface area contributed by atoms with Crippen LogP contribution in [-0.2, 0) is 28.7 Å². The Hall–Kier alpha value is -1.72. The number of ether oxygens (including phenoxy) is 2. The summed E-state index contributed by atoms with van der Waals surface area (Å²) < 4.78 is 8.02. The van der Waals surface area contributed by atoms with Gasteiger partial charge in [0.1, 0.15) is 0 Å². The van der Waals surface area contributed by atoms with E-state index in [1.54, 1.807) is 0 Å². The van der Waals surface area contributed by atoms with Crippen LogP contribution < -0.4 is 0 Å². The van der Waals surface area contributed by atoms with Gasteiger partial charge in [-0.25, -0.2) is 14.4 Å². The second kappa shape index (κ2) is 1.71. The third kappa shape index (κ3) is 0.512. The first-order chi connectivity index (χ1) is 5.57. The molecular weight excluding hydrogens is 168 g/mol. The van der Waals surface area contributed by atoms with Crippen molar-refractivity contribution in [2.24, 2.45) is 5.41 Å². The van der Waals surface area contributed by atoms with Crippen molar-refractivity contribution in [2.75, 3.05) is 0 Å². The third-order valence-electron chi connectivity index (χ3n) is 1.85. The van der Waals surface area contributed by atoms with Crippen LogP contribution in [0.1, 0.15) is 6.42 Å². The maximum absolute atomic E-state index is 10.8. The van der Waals surface area contributed by atoms with E-state index in [9.17, 15) is 19.2 Å². The van der Waals surface area contributed by atoms with Crippen LogP contribution in [0.3, 0.4) is 0 Å². The molecule has 0 saturated carbocycles. The highest BCUT2D eigenvalue weighted by Gasteiger charge is 2.71. The van der Waals surface area contributed by atoms with Crippen LogP contribution in [0.4, 0.5) is 0 Å². The molecule has 0 aromatic carbocycles. The van der Waals surface area contributed by atoms with Crippen LogP contribution >= 0.6 is 0 Å². The SMILES string of the molecule is O=C1CC2(C(=O)O1)C(=O)OC2=O. The molecule has 6 heteroatoms. The Morgan fingerprint density at radius 2 is 1.42 bits per heavy atom. The standard InChI is InChI=1S/C6H2O6/c7-2-1-6(3(8)11-2)4(9)12-5(6)10/h1H2. The van der Waals surface area contributed by atoms with Crippen molar-refractivity contribution in [2.45, 2.75) is 6.42 Å². The smallest absolute Gasteiger partial charge is 0.343 e. The Bertz CT molecular complexity index is 313. The van der Waals surface area contributed by atoms with Gasteiger partial charge in [0.2, 0.25) is 0 Å². The fraction of sp³-hybridized carbons (Fsp3) is 0.333. The van der Waals surface area contributed by atoms with Gasteiger partial charge in [-0.1, -0.05) is 0 Å². The van der Waals surface area contributed by atoms with Crippen LogP contribution in [0.15, 0.2) is 0 Å². The lowest BCUT2D eigenvalue weighted by atomic mass is 9.82. The zero-order valence-corrected chi connectivity index (χ0v) is 5.66. The molecule has 2 fully saturated rings. The fourth-order valence-corrected chi connectivity index (χ4v) is 1.12. The van der Waals surface area contributed by atoms with E-state index in [0.717, 1.165) is 0 Å². The monoisotopic (exact) mass is 170 g/mol. The van der Waals surface area contributed by atoms with Crippen LogP contribution in [0.5, 0.6) is 0 Å². The minimum Gasteiger partial charge on any atom is -0.392 e. The van der Waals surface area contributed by atoms with Gasteiger partial charge in [0.15, 0.2) is 0 Å². The average Bonchev–Trinajstić information content (AvgIpc) is 2.29. The van der Waals surface area contributed by atoms with Crippen molar-refractivity contribution in [3.8, 4) is 0 Å². The summed E-state index contributed by atoms with van der Waals surface area (Å²) in [6.45, 7) is 0. The summed E-state index contributed by atoms with van der Waals surface area (Å²) in [5.41, 5.74) is -1.95. The number of esters is 4. The van der Waals surface area contributed by atoms with Crippen LogP contribution in [0, 0.1) is 5.41 Å². The Morgan fingerprint density at radius 1 is 0.917 bits per heavy atom. The zero-order valence-electron chi connectivity index (χ0n) is 5.66. The molecule has 0 aromatic rings. The van der Waals surface area contributed by atoms with E-state index in [1.807, 2.05) is 0 Å². The molecule has 0 unspecified atom stereocenters. The summed E-state index contributed by atoms with van der Waals surface area (Å²) in [6, 6.07) is 0. The Balaban J connectivity index is 2.44. The minimum atomic E-state index is -1.95. The maximum Gasteiger partial charge on any atom is 0.343 e. The first-order valence-corrected chi connectivity index (χ1v) is 3.09. The van der Waals surface area contributed by atoms with Gasteiger partial charge in [0, 0.05) is 0 Å². The number of hydrogen-bond donors (Lipinski definition) is 0. The van der Waals surface area contributed by atoms with Gasteiger partial charge in [-0.2, -0.15) is 0 Å². The van der Waals surface area contributed by atoms with Crippen molar-refractivity contribution in [3.63, 3.8) is 0 Å². The normalized spacial score (nSPS) is 25.3. The highest BCUT2D eigenvalue weighted by molar-refractivity contribution is 6.32. The first-order valence-electron chi connectivity index (χ1n) is 3.09. The van der Waals surface area contributed by atoms with E-state index in [2.05, 4.69) is 9.47 Å². The minimum absolute atomic E-state index is 0.524. The Labute approximate surface area is 65.4 Å². The molecule has 2 heterocycles. The molecular formula is C6H2O6. The van der Waals surface area contributed by atoms with E-state index in [4.69, 9.17) is 0 Å². The Morgan fingerprint density at radius 3 is 1.67 bits per heavy atom. The molecule has 62 valence electrons. The van der Waals surface area contributed by atoms with Crippen molar-refractivity contribution in [3.05, 3.63) is 0 Å². The number of carbonyl (C=O) groups excluding carboxylic acids is 4. The molecule has 0 N–H and O–H groups in total. The third-order valence-corrected chi connectivity index (χ3v) is 1.85. The molecule has 1 spiro atoms. The van der Waals surface area contributed by atoms with E-state index >= 15 is 0 Å². The van der Waals surface area contributed by atoms with Gasteiger partial charge in [0.25, 0.3) is 5.41 Å². The molecule has 0 aromatic heterocycles. The lowest BCUT2D eigenvalue weighted by Crippen LogP contribution is -2.56. The van der Waals surface area contributed by atoms with Gasteiger partial charge in [0.05, 0.1) is 6.42 Å². The van der Waals surface area contributed by atoms with Crippen molar-refractivity contribution in [1.29, 1.82) is 0 Å². The van der Waals surface area contributed by atoms with Gasteiger partial charge in [-0.05, 0) is 0 Å². The number of rotatable bonds is 0. The number of hydrogen-bond acceptors (Lipinski definition) is 6. The topological polar surface area (TPSA) is 86.7 Å². The predicted molar refractivity (Wildman–Crippen MR) is 29.2 cm³/mol. The number of cyclic esters (lactones) is 4. The molecule has 0 radical (unpaired) electrons. The summed E-state index contributed by atoms with van der Waals surface area (Å²) in [4.78, 5) is 42.8. The molecule has 0 atom stereocenters. The maximum atomic E-state index is 10.8. The van der Waals surface area contributed by atoms with E-state index < -0.39 is 35.7 Å². The molecule has 6 nitrogen and oxygen atoms in total. The molecule has 12 heavy (non-hydrogen) atoms. The second-order valence-electron chi connectivity index (χ2n) is 2.52. The van der Waals surface area contributed by atoms with Gasteiger partial charge in [-0.3, -0.25) is 4.79 Å². The van der Waals surface area contributed by atoms with E-state index in [1.165, 1.54) is 0 Å². The molecule has 0 aliphatic carbocycles. The lowest BCUT2D eigenvalue weighted by Gasteiger charge is -2.26. The van der Waals surface area contributed by atoms with Crippen LogP contribution in [0.2, 0.25) is 0 Å². The van der Waals surface area contributed by atoms with E-state index in [-0.39, 0.29) is 0 Å². The first kappa shape index (κ1) is 6.96. The molecule has 0 amide bonds. The van der Waals surface area contributed by atoms with Crippen molar-refractivity contribution < 1.29 is 28.7 Å². The molecule has 2 aliphatic rings. The predicted octanol–water partition coefficient (Wildman–Crippen LogP) is -1.47. The number of carbonyl (C=O) groups is 4. The second-order valence-corrected chi connectivity index (χ2v) is 2.52. The fourth-order valence-electron chi connectivity index (χ4n) is 1.12. The summed E-state index contributed by atoms with van der Waals surface area (Å²) >= 11 is 0. The van der Waals surface area contributed by atoms with Gasteiger partial charge in [-0.15, -0.1) is 0 Å². The highest BCUT2D eigenvalue weighted by atomic mass is 16.6.